The van der Waals surface area contributed by atoms with E-state index in [2.05, 4.69) is 9.80 Å². The molecule has 2 aromatic carbocycles. The summed E-state index contributed by atoms with van der Waals surface area (Å²) in [5.74, 6) is -0.182. The van der Waals surface area contributed by atoms with E-state index >= 15 is 0 Å². The van der Waals surface area contributed by atoms with Crippen LogP contribution < -0.4 is 4.90 Å². The van der Waals surface area contributed by atoms with Gasteiger partial charge in [-0.3, -0.25) is 15.0 Å². The molecule has 0 unspecified atom stereocenters. The number of nitrogens with zero attached hydrogens (tertiary/aromatic N) is 3. The van der Waals surface area contributed by atoms with Crippen molar-refractivity contribution in [3.8, 4) is 0 Å². The molecule has 0 amide bonds. The van der Waals surface area contributed by atoms with E-state index in [9.17, 15) is 14.5 Å². The fourth-order valence-electron chi connectivity index (χ4n) is 2.88. The Morgan fingerprint density at radius 2 is 1.83 bits per heavy atom. The molecule has 1 aliphatic heterocycles. The van der Waals surface area contributed by atoms with Gasteiger partial charge in [-0.15, -0.1) is 0 Å². The van der Waals surface area contributed by atoms with Crippen molar-refractivity contribution in [2.24, 2.45) is 0 Å². The smallest absolute Gasteiger partial charge is 0.271 e. The van der Waals surface area contributed by atoms with Gasteiger partial charge in [-0.25, -0.2) is 4.39 Å². The average Bonchev–Trinajstić information content (AvgIpc) is 2.58. The molecule has 0 bridgehead atoms. The van der Waals surface area contributed by atoms with E-state index in [1.807, 2.05) is 6.07 Å². The highest BCUT2D eigenvalue weighted by Crippen LogP contribution is 2.30. The van der Waals surface area contributed by atoms with Crippen molar-refractivity contribution in [1.82, 2.24) is 4.90 Å². The highest BCUT2D eigenvalue weighted by molar-refractivity contribution is 6.33. The second-order valence-corrected chi connectivity index (χ2v) is 6.15. The van der Waals surface area contributed by atoms with Crippen molar-refractivity contribution >= 4 is 23.0 Å². The Bertz CT molecular complexity index is 748. The Kier molecular flexibility index (Phi) is 4.97. The SMILES string of the molecule is O=[N+]([O-])c1ccc(N2CCN(Cc3ccccc3F)CC2)c(Cl)c1. The van der Waals surface area contributed by atoms with Gasteiger partial charge in [-0.05, 0) is 12.1 Å². The van der Waals surface area contributed by atoms with Crippen molar-refractivity contribution in [1.29, 1.82) is 0 Å². The fraction of sp³-hybridized carbons (Fsp3) is 0.294. The Morgan fingerprint density at radius 3 is 2.46 bits per heavy atom. The highest BCUT2D eigenvalue weighted by Gasteiger charge is 2.21. The molecular weight excluding hydrogens is 333 g/mol. The maximum Gasteiger partial charge on any atom is 0.271 e. The van der Waals surface area contributed by atoms with Crippen molar-refractivity contribution < 1.29 is 9.31 Å². The van der Waals surface area contributed by atoms with Crippen LogP contribution >= 0.6 is 11.6 Å². The summed E-state index contributed by atoms with van der Waals surface area (Å²) in [5.41, 5.74) is 1.48. The Morgan fingerprint density at radius 1 is 1.12 bits per heavy atom. The molecule has 7 heteroatoms. The minimum Gasteiger partial charge on any atom is -0.368 e. The Hall–Kier alpha value is -2.18. The van der Waals surface area contributed by atoms with Gasteiger partial charge in [0, 0.05) is 50.4 Å². The van der Waals surface area contributed by atoms with Crippen molar-refractivity contribution in [2.75, 3.05) is 31.1 Å². The zero-order valence-corrected chi connectivity index (χ0v) is 13.7. The second-order valence-electron chi connectivity index (χ2n) is 5.75. The molecule has 126 valence electrons. The third-order valence-electron chi connectivity index (χ3n) is 4.21. The number of hydrogen-bond acceptors (Lipinski definition) is 4. The van der Waals surface area contributed by atoms with Crippen LogP contribution in [0.5, 0.6) is 0 Å². The van der Waals surface area contributed by atoms with E-state index in [1.54, 1.807) is 18.2 Å². The van der Waals surface area contributed by atoms with E-state index in [0.29, 0.717) is 17.1 Å². The van der Waals surface area contributed by atoms with E-state index in [0.717, 1.165) is 31.9 Å². The normalized spacial score (nSPS) is 15.5. The molecule has 0 spiro atoms. The summed E-state index contributed by atoms with van der Waals surface area (Å²) in [6.45, 7) is 3.62. The first-order valence-corrected chi connectivity index (χ1v) is 8.07. The first-order valence-electron chi connectivity index (χ1n) is 7.69. The fourth-order valence-corrected chi connectivity index (χ4v) is 3.17. The molecule has 2 aromatic rings. The van der Waals surface area contributed by atoms with Crippen molar-refractivity contribution in [3.05, 3.63) is 69.0 Å². The highest BCUT2D eigenvalue weighted by atomic mass is 35.5. The van der Waals surface area contributed by atoms with Gasteiger partial charge < -0.3 is 4.90 Å². The number of benzene rings is 2. The average molecular weight is 350 g/mol. The standard InChI is InChI=1S/C17H17ClFN3O2/c18-15-11-14(22(23)24)5-6-17(15)21-9-7-20(8-10-21)12-13-3-1-2-4-16(13)19/h1-6,11H,7-10,12H2. The van der Waals surface area contributed by atoms with Gasteiger partial charge in [0.15, 0.2) is 0 Å². The summed E-state index contributed by atoms with van der Waals surface area (Å²) in [4.78, 5) is 14.6. The number of halogens is 2. The van der Waals surface area contributed by atoms with Crippen LogP contribution in [0.15, 0.2) is 42.5 Å². The van der Waals surface area contributed by atoms with E-state index in [-0.39, 0.29) is 11.5 Å². The monoisotopic (exact) mass is 349 g/mol. The number of anilines is 1. The molecule has 0 aliphatic carbocycles. The zero-order valence-electron chi connectivity index (χ0n) is 13.0. The van der Waals surface area contributed by atoms with Gasteiger partial charge in [0.25, 0.3) is 5.69 Å². The number of nitro groups is 1. The molecule has 0 saturated carbocycles. The molecule has 5 nitrogen and oxygen atoms in total. The molecule has 0 radical (unpaired) electrons. The maximum absolute atomic E-state index is 13.7. The van der Waals surface area contributed by atoms with E-state index < -0.39 is 4.92 Å². The lowest BCUT2D eigenvalue weighted by molar-refractivity contribution is -0.384. The molecule has 1 heterocycles. The van der Waals surface area contributed by atoms with E-state index in [1.165, 1.54) is 18.2 Å². The largest absolute Gasteiger partial charge is 0.368 e. The number of non-ortho nitro benzene ring substituents is 1. The lowest BCUT2D eigenvalue weighted by atomic mass is 10.1. The van der Waals surface area contributed by atoms with Gasteiger partial charge in [-0.2, -0.15) is 0 Å². The van der Waals surface area contributed by atoms with Crippen LogP contribution in [0.4, 0.5) is 15.8 Å². The number of rotatable bonds is 4. The van der Waals surface area contributed by atoms with E-state index in [4.69, 9.17) is 11.6 Å². The number of hydrogen-bond donors (Lipinski definition) is 0. The minimum atomic E-state index is -0.456. The third kappa shape index (κ3) is 3.66. The maximum atomic E-state index is 13.7. The van der Waals surface area contributed by atoms with Gasteiger partial charge in [0.1, 0.15) is 5.82 Å². The zero-order chi connectivity index (χ0) is 17.1. The minimum absolute atomic E-state index is 0.0121. The Balaban J connectivity index is 1.63. The van der Waals surface area contributed by atoms with Gasteiger partial charge in [0.2, 0.25) is 0 Å². The summed E-state index contributed by atoms with van der Waals surface area (Å²) >= 11 is 6.18. The van der Waals surface area contributed by atoms with Crippen LogP contribution in [0.3, 0.4) is 0 Å². The van der Waals surface area contributed by atoms with Crippen LogP contribution in [0.2, 0.25) is 5.02 Å². The quantitative estimate of drug-likeness (QED) is 0.623. The molecule has 0 N–H and O–H groups in total. The van der Waals surface area contributed by atoms with Crippen LogP contribution in [-0.2, 0) is 6.54 Å². The lowest BCUT2D eigenvalue weighted by Crippen LogP contribution is -2.46. The summed E-state index contributed by atoms with van der Waals surface area (Å²) in [6, 6.07) is 11.3. The van der Waals surface area contributed by atoms with Crippen LogP contribution in [-0.4, -0.2) is 36.0 Å². The summed E-state index contributed by atoms with van der Waals surface area (Å²) < 4.78 is 13.7. The first-order chi connectivity index (χ1) is 11.5. The van der Waals surface area contributed by atoms with Crippen molar-refractivity contribution in [2.45, 2.75) is 6.54 Å². The Labute approximate surface area is 144 Å². The molecule has 1 aliphatic rings. The van der Waals surface area contributed by atoms with Gasteiger partial charge in [-0.1, -0.05) is 29.8 Å². The predicted octanol–water partition coefficient (Wildman–Crippen LogP) is 3.71. The van der Waals surface area contributed by atoms with Gasteiger partial charge in [0.05, 0.1) is 15.6 Å². The van der Waals surface area contributed by atoms with Crippen LogP contribution in [0, 0.1) is 15.9 Å². The second kappa shape index (κ2) is 7.15. The van der Waals surface area contributed by atoms with Gasteiger partial charge >= 0.3 is 0 Å². The molecule has 1 saturated heterocycles. The molecule has 0 aromatic heterocycles. The summed E-state index contributed by atoms with van der Waals surface area (Å²) in [5, 5.41) is 11.2. The predicted molar refractivity (Wildman–Crippen MR) is 92.0 cm³/mol. The number of piperazine rings is 1. The number of nitro benzene ring substituents is 1. The van der Waals surface area contributed by atoms with Crippen LogP contribution in [0.25, 0.3) is 0 Å². The summed E-state index contributed by atoms with van der Waals surface area (Å²) in [7, 11) is 0. The first kappa shape index (κ1) is 16.7. The summed E-state index contributed by atoms with van der Waals surface area (Å²) in [6.07, 6.45) is 0. The van der Waals surface area contributed by atoms with Crippen LogP contribution in [0.1, 0.15) is 5.56 Å². The molecule has 0 atom stereocenters. The molecular formula is C17H17ClFN3O2. The molecule has 24 heavy (non-hydrogen) atoms. The molecule has 1 fully saturated rings. The topological polar surface area (TPSA) is 49.6 Å². The van der Waals surface area contributed by atoms with Crippen molar-refractivity contribution in [3.63, 3.8) is 0 Å². The lowest BCUT2D eigenvalue weighted by Gasteiger charge is -2.36. The third-order valence-corrected chi connectivity index (χ3v) is 4.51. The molecule has 3 rings (SSSR count).